The maximum Gasteiger partial charge on any atom is 0.286 e. The molecule has 0 radical (unpaired) electrons. The SMILES string of the molecule is COc1cc2c(cc1OC)N(CC(=O)N[C@@H](C(=O)c1nnc(Cc3cccc(C)c3)o1)C(C)C)C(=O)C(N)N=C2C. The summed E-state index contributed by atoms with van der Waals surface area (Å²) in [4.78, 5) is 45.4. The Morgan fingerprint density at radius 1 is 1.10 bits per heavy atom. The van der Waals surface area contributed by atoms with Crippen LogP contribution in [0.3, 0.4) is 0 Å². The molecule has 41 heavy (non-hydrogen) atoms. The summed E-state index contributed by atoms with van der Waals surface area (Å²) in [7, 11) is 2.96. The lowest BCUT2D eigenvalue weighted by atomic mass is 9.99. The summed E-state index contributed by atoms with van der Waals surface area (Å²) >= 11 is 0. The predicted octanol–water partition coefficient (Wildman–Crippen LogP) is 2.45. The summed E-state index contributed by atoms with van der Waals surface area (Å²) in [5, 5.41) is 10.7. The lowest BCUT2D eigenvalue weighted by Crippen LogP contribution is -2.51. The third-order valence-corrected chi connectivity index (χ3v) is 6.72. The molecule has 4 rings (SSSR count). The maximum absolute atomic E-state index is 13.3. The molecule has 2 atom stereocenters. The fourth-order valence-corrected chi connectivity index (χ4v) is 4.61. The standard InChI is InChI=1S/C29H34N6O6/c1-15(2)25(26(37)28-34-33-24(41-28)11-18-9-7-8-16(3)10-18)32-23(36)14-35-20-13-22(40-6)21(39-5)12-19(20)17(4)31-27(30)29(35)38/h7-10,12-13,15,25,27H,11,14,30H2,1-6H3,(H,32,36)/t25-,27?/m1/s1. The molecule has 1 aliphatic rings. The zero-order chi connectivity index (χ0) is 29.8. The Kier molecular flexibility index (Phi) is 8.82. The minimum absolute atomic E-state index is 0.203. The van der Waals surface area contributed by atoms with Gasteiger partial charge in [0.05, 0.1) is 32.4 Å². The van der Waals surface area contributed by atoms with Gasteiger partial charge in [-0.25, -0.2) is 0 Å². The van der Waals surface area contributed by atoms with Crippen LogP contribution in [0.2, 0.25) is 0 Å². The quantitative estimate of drug-likeness (QED) is 0.353. The molecule has 1 unspecified atom stereocenters. The van der Waals surface area contributed by atoms with Gasteiger partial charge < -0.3 is 24.9 Å². The number of nitrogens with one attached hydrogen (secondary N) is 1. The average molecular weight is 563 g/mol. The van der Waals surface area contributed by atoms with Crippen LogP contribution in [0.1, 0.15) is 54.0 Å². The number of benzodiazepines with no additional fused rings is 1. The molecule has 216 valence electrons. The Morgan fingerprint density at radius 3 is 2.46 bits per heavy atom. The van der Waals surface area contributed by atoms with Crippen LogP contribution in [0.4, 0.5) is 5.69 Å². The number of hydrogen-bond acceptors (Lipinski definition) is 10. The molecule has 1 aromatic heterocycles. The van der Waals surface area contributed by atoms with E-state index in [0.29, 0.717) is 34.9 Å². The average Bonchev–Trinajstić information content (AvgIpc) is 3.38. The van der Waals surface area contributed by atoms with E-state index in [1.54, 1.807) is 32.9 Å². The molecule has 0 saturated heterocycles. The van der Waals surface area contributed by atoms with Gasteiger partial charge in [-0.05, 0) is 31.4 Å². The molecule has 3 aromatic rings. The van der Waals surface area contributed by atoms with E-state index in [4.69, 9.17) is 19.6 Å². The van der Waals surface area contributed by atoms with E-state index in [1.807, 2.05) is 31.2 Å². The van der Waals surface area contributed by atoms with E-state index in [-0.39, 0.29) is 17.7 Å². The summed E-state index contributed by atoms with van der Waals surface area (Å²) in [5.74, 6) is -1.14. The van der Waals surface area contributed by atoms with Crippen molar-refractivity contribution in [1.29, 1.82) is 0 Å². The molecule has 3 N–H and O–H groups in total. The van der Waals surface area contributed by atoms with Gasteiger partial charge in [-0.1, -0.05) is 43.7 Å². The Hall–Kier alpha value is -4.58. The molecule has 2 heterocycles. The summed E-state index contributed by atoms with van der Waals surface area (Å²) in [5.41, 5.74) is 9.53. The van der Waals surface area contributed by atoms with E-state index >= 15 is 0 Å². The van der Waals surface area contributed by atoms with Crippen LogP contribution >= 0.6 is 0 Å². The number of fused-ring (bicyclic) bond motifs is 1. The third-order valence-electron chi connectivity index (χ3n) is 6.72. The van der Waals surface area contributed by atoms with Gasteiger partial charge >= 0.3 is 0 Å². The number of hydrogen-bond donors (Lipinski definition) is 2. The van der Waals surface area contributed by atoms with E-state index < -0.39 is 36.3 Å². The maximum atomic E-state index is 13.3. The highest BCUT2D eigenvalue weighted by atomic mass is 16.5. The minimum atomic E-state index is -1.22. The van der Waals surface area contributed by atoms with Crippen LogP contribution in [0.5, 0.6) is 11.5 Å². The number of nitrogens with two attached hydrogens (primary N) is 1. The van der Waals surface area contributed by atoms with E-state index in [2.05, 4.69) is 20.5 Å². The van der Waals surface area contributed by atoms with Crippen LogP contribution in [0.15, 0.2) is 45.8 Å². The van der Waals surface area contributed by atoms with Crippen LogP contribution < -0.4 is 25.4 Å². The first-order chi connectivity index (χ1) is 19.5. The number of benzene rings is 2. The van der Waals surface area contributed by atoms with Crippen molar-refractivity contribution in [2.24, 2.45) is 16.6 Å². The van der Waals surface area contributed by atoms with Gasteiger partial charge in [0.1, 0.15) is 6.54 Å². The second kappa shape index (κ2) is 12.3. The fraction of sp³-hybridized carbons (Fsp3) is 0.379. The highest BCUT2D eigenvalue weighted by Gasteiger charge is 2.34. The van der Waals surface area contributed by atoms with Crippen molar-refractivity contribution >= 4 is 29.0 Å². The normalized spacial score (nSPS) is 15.6. The molecule has 2 aromatic carbocycles. The van der Waals surface area contributed by atoms with Crippen LogP contribution in [-0.2, 0) is 16.0 Å². The number of carbonyl (C=O) groups is 3. The van der Waals surface area contributed by atoms with Crippen molar-refractivity contribution in [1.82, 2.24) is 15.5 Å². The Balaban J connectivity index is 1.55. The molecule has 12 heteroatoms. The number of nitrogens with zero attached hydrogens (tertiary/aromatic N) is 4. The number of aryl methyl sites for hydroxylation is 1. The van der Waals surface area contributed by atoms with Crippen molar-refractivity contribution in [3.05, 3.63) is 64.9 Å². The fourth-order valence-electron chi connectivity index (χ4n) is 4.61. The molecule has 0 fully saturated rings. The lowest BCUT2D eigenvalue weighted by Gasteiger charge is -2.26. The van der Waals surface area contributed by atoms with Crippen molar-refractivity contribution in [3.63, 3.8) is 0 Å². The number of methoxy groups -OCH3 is 2. The first-order valence-electron chi connectivity index (χ1n) is 13.1. The number of ether oxygens (including phenoxy) is 2. The van der Waals surface area contributed by atoms with Gasteiger partial charge in [0.2, 0.25) is 17.6 Å². The number of carbonyl (C=O) groups excluding carboxylic acids is 3. The number of amides is 2. The first kappa shape index (κ1) is 29.4. The predicted molar refractivity (Wildman–Crippen MR) is 151 cm³/mol. The summed E-state index contributed by atoms with van der Waals surface area (Å²) in [6.45, 7) is 6.84. The topological polar surface area (TPSA) is 162 Å². The molecule has 12 nitrogen and oxygen atoms in total. The molecule has 0 aliphatic carbocycles. The molecule has 2 amide bonds. The smallest absolute Gasteiger partial charge is 0.286 e. The third kappa shape index (κ3) is 6.43. The van der Waals surface area contributed by atoms with Crippen molar-refractivity contribution in [3.8, 4) is 11.5 Å². The van der Waals surface area contributed by atoms with Crippen molar-refractivity contribution in [2.75, 3.05) is 25.7 Å². The number of aliphatic imine (C=N–C) groups is 1. The highest BCUT2D eigenvalue weighted by molar-refractivity contribution is 6.13. The molecule has 0 saturated carbocycles. The Labute approximate surface area is 237 Å². The molecular weight excluding hydrogens is 528 g/mol. The highest BCUT2D eigenvalue weighted by Crippen LogP contribution is 2.37. The Morgan fingerprint density at radius 2 is 1.80 bits per heavy atom. The van der Waals surface area contributed by atoms with E-state index in [0.717, 1.165) is 11.1 Å². The molecule has 1 aliphatic heterocycles. The van der Waals surface area contributed by atoms with Gasteiger partial charge in [0.25, 0.3) is 11.8 Å². The van der Waals surface area contributed by atoms with Gasteiger partial charge in [-0.15, -0.1) is 10.2 Å². The van der Waals surface area contributed by atoms with Crippen LogP contribution in [0, 0.1) is 12.8 Å². The van der Waals surface area contributed by atoms with Crippen molar-refractivity contribution in [2.45, 2.75) is 46.3 Å². The van der Waals surface area contributed by atoms with Gasteiger partial charge in [-0.2, -0.15) is 0 Å². The summed E-state index contributed by atoms with van der Waals surface area (Å²) in [6, 6.07) is 10.1. The van der Waals surface area contributed by atoms with Gasteiger partial charge in [-0.3, -0.25) is 24.3 Å². The van der Waals surface area contributed by atoms with Gasteiger partial charge in [0, 0.05) is 17.3 Å². The first-order valence-corrected chi connectivity index (χ1v) is 13.1. The molecule has 0 bridgehead atoms. The minimum Gasteiger partial charge on any atom is -0.493 e. The van der Waals surface area contributed by atoms with Gasteiger partial charge in [0.15, 0.2) is 17.7 Å². The number of anilines is 1. The molecule has 0 spiro atoms. The lowest BCUT2D eigenvalue weighted by molar-refractivity contribution is -0.124. The van der Waals surface area contributed by atoms with E-state index in [1.165, 1.54) is 19.1 Å². The Bertz CT molecular complexity index is 1500. The number of ketones is 1. The second-order valence-corrected chi connectivity index (χ2v) is 10.1. The number of rotatable bonds is 10. The second-order valence-electron chi connectivity index (χ2n) is 10.1. The summed E-state index contributed by atoms with van der Waals surface area (Å²) < 4.78 is 16.5. The van der Waals surface area contributed by atoms with E-state index in [9.17, 15) is 14.4 Å². The summed E-state index contributed by atoms with van der Waals surface area (Å²) in [6.07, 6.45) is -0.854. The zero-order valence-corrected chi connectivity index (χ0v) is 23.9. The number of Topliss-reactive ketones (excluding diaryl/α,β-unsaturated/α-hetero) is 1. The molecular formula is C29H34N6O6. The van der Waals surface area contributed by atoms with Crippen LogP contribution in [0.25, 0.3) is 0 Å². The zero-order valence-electron chi connectivity index (χ0n) is 23.9. The largest absolute Gasteiger partial charge is 0.493 e. The monoisotopic (exact) mass is 562 g/mol. The number of aromatic nitrogens is 2. The van der Waals surface area contributed by atoms with Crippen LogP contribution in [-0.4, -0.2) is 66.5 Å². The van der Waals surface area contributed by atoms with Crippen molar-refractivity contribution < 1.29 is 28.3 Å².